The molecule has 0 bridgehead atoms. The van der Waals surface area contributed by atoms with Gasteiger partial charge in [-0.15, -0.1) is 0 Å². The van der Waals surface area contributed by atoms with Crippen molar-refractivity contribution in [2.24, 2.45) is 5.92 Å². The summed E-state index contributed by atoms with van der Waals surface area (Å²) in [6.07, 6.45) is 0.984. The summed E-state index contributed by atoms with van der Waals surface area (Å²) in [4.78, 5) is 18.6. The van der Waals surface area contributed by atoms with Crippen LogP contribution in [0, 0.1) is 5.92 Å². The zero-order chi connectivity index (χ0) is 15.4. The van der Waals surface area contributed by atoms with Crippen LogP contribution in [0.3, 0.4) is 0 Å². The van der Waals surface area contributed by atoms with Crippen LogP contribution in [0.4, 0.5) is 0 Å². The second-order valence-corrected chi connectivity index (χ2v) is 6.54. The van der Waals surface area contributed by atoms with Crippen LogP contribution in [0.1, 0.15) is 63.0 Å². The van der Waals surface area contributed by atoms with Gasteiger partial charge in [0.15, 0.2) is 0 Å². The Morgan fingerprint density at radius 3 is 2.35 bits per heavy atom. The Kier molecular flexibility index (Phi) is 6.00. The molecule has 0 aromatic carbocycles. The van der Waals surface area contributed by atoms with Crippen molar-refractivity contribution in [1.29, 1.82) is 0 Å². The summed E-state index contributed by atoms with van der Waals surface area (Å²) in [5.74, 6) is 0.815. The number of rotatable bonds is 5. The van der Waals surface area contributed by atoms with E-state index in [1.165, 1.54) is 0 Å². The number of hydrogen-bond donors (Lipinski definition) is 0. The van der Waals surface area contributed by atoms with Gasteiger partial charge in [-0.3, -0.25) is 4.79 Å². The average Bonchev–Trinajstić information content (AvgIpc) is 2.35. The van der Waals surface area contributed by atoms with Crippen LogP contribution < -0.4 is 0 Å². The maximum absolute atomic E-state index is 12.5. The third-order valence-corrected chi connectivity index (χ3v) is 3.64. The minimum absolute atomic E-state index is 0.00403. The molecule has 0 spiro atoms. The highest BCUT2D eigenvalue weighted by molar-refractivity contribution is 6.29. The van der Waals surface area contributed by atoms with Gasteiger partial charge in [0.2, 0.25) is 0 Å². The second-order valence-electron chi connectivity index (χ2n) is 6.15. The van der Waals surface area contributed by atoms with E-state index in [1.807, 2.05) is 27.0 Å². The molecule has 1 atom stereocenters. The van der Waals surface area contributed by atoms with E-state index in [0.717, 1.165) is 12.1 Å². The molecular formula is C16H25ClN2O. The molecule has 0 fully saturated rings. The Bertz CT molecular complexity index is 472. The minimum Gasteiger partial charge on any atom is -0.339 e. The van der Waals surface area contributed by atoms with Gasteiger partial charge in [-0.1, -0.05) is 39.3 Å². The summed E-state index contributed by atoms with van der Waals surface area (Å²) >= 11 is 6.02. The molecule has 1 unspecified atom stereocenters. The lowest BCUT2D eigenvalue weighted by atomic mass is 10.0. The highest BCUT2D eigenvalue weighted by atomic mass is 35.5. The van der Waals surface area contributed by atoms with Crippen molar-refractivity contribution in [1.82, 2.24) is 9.88 Å². The van der Waals surface area contributed by atoms with E-state index in [2.05, 4.69) is 25.8 Å². The molecule has 0 saturated heterocycles. The normalized spacial score (nSPS) is 12.8. The molecule has 112 valence electrons. The van der Waals surface area contributed by atoms with E-state index in [-0.39, 0.29) is 17.9 Å². The minimum atomic E-state index is 0.00403. The SMILES string of the molecule is CC(C)CC(C)N(C)C(=O)c1cc(Cl)nc(C(C)C)c1. The van der Waals surface area contributed by atoms with Crippen molar-refractivity contribution >= 4 is 17.5 Å². The third-order valence-electron chi connectivity index (χ3n) is 3.45. The predicted octanol–water partition coefficient (Wildman–Crippen LogP) is 4.37. The molecule has 1 aromatic rings. The van der Waals surface area contributed by atoms with Crippen molar-refractivity contribution in [2.75, 3.05) is 7.05 Å². The highest BCUT2D eigenvalue weighted by Gasteiger charge is 2.20. The van der Waals surface area contributed by atoms with E-state index >= 15 is 0 Å². The van der Waals surface area contributed by atoms with Crippen LogP contribution in [-0.4, -0.2) is 28.9 Å². The van der Waals surface area contributed by atoms with Gasteiger partial charge < -0.3 is 4.90 Å². The van der Waals surface area contributed by atoms with Crippen LogP contribution in [0.25, 0.3) is 0 Å². The Labute approximate surface area is 127 Å². The smallest absolute Gasteiger partial charge is 0.254 e. The van der Waals surface area contributed by atoms with Gasteiger partial charge in [-0.05, 0) is 37.3 Å². The molecule has 0 aliphatic rings. The van der Waals surface area contributed by atoms with Crippen LogP contribution in [0.5, 0.6) is 0 Å². The lowest BCUT2D eigenvalue weighted by molar-refractivity contribution is 0.0728. The van der Waals surface area contributed by atoms with E-state index < -0.39 is 0 Å². The summed E-state index contributed by atoms with van der Waals surface area (Å²) < 4.78 is 0. The van der Waals surface area contributed by atoms with Crippen molar-refractivity contribution in [3.63, 3.8) is 0 Å². The first-order chi connectivity index (χ1) is 9.22. The number of amides is 1. The maximum atomic E-state index is 12.5. The van der Waals surface area contributed by atoms with Gasteiger partial charge in [0, 0.05) is 24.3 Å². The molecule has 1 rings (SSSR count). The van der Waals surface area contributed by atoms with Crippen LogP contribution in [-0.2, 0) is 0 Å². The lowest BCUT2D eigenvalue weighted by Crippen LogP contribution is -2.36. The summed E-state index contributed by atoms with van der Waals surface area (Å²) in [5.41, 5.74) is 1.47. The molecule has 0 aliphatic heterocycles. The average molecular weight is 297 g/mol. The zero-order valence-electron chi connectivity index (χ0n) is 13.3. The predicted molar refractivity (Wildman–Crippen MR) is 84.3 cm³/mol. The van der Waals surface area contributed by atoms with Gasteiger partial charge in [0.25, 0.3) is 5.91 Å². The Morgan fingerprint density at radius 2 is 1.85 bits per heavy atom. The fraction of sp³-hybridized carbons (Fsp3) is 0.625. The van der Waals surface area contributed by atoms with Gasteiger partial charge in [0.05, 0.1) is 0 Å². The van der Waals surface area contributed by atoms with E-state index in [9.17, 15) is 4.79 Å². The summed E-state index contributed by atoms with van der Waals surface area (Å²) in [6, 6.07) is 3.70. The molecule has 20 heavy (non-hydrogen) atoms. The van der Waals surface area contributed by atoms with E-state index in [0.29, 0.717) is 16.6 Å². The maximum Gasteiger partial charge on any atom is 0.254 e. The molecular weight excluding hydrogens is 272 g/mol. The number of aromatic nitrogens is 1. The molecule has 1 heterocycles. The molecule has 4 heteroatoms. The van der Waals surface area contributed by atoms with Gasteiger partial charge in [-0.2, -0.15) is 0 Å². The third kappa shape index (κ3) is 4.48. The summed E-state index contributed by atoms with van der Waals surface area (Å²) in [6.45, 7) is 10.5. The lowest BCUT2D eigenvalue weighted by Gasteiger charge is -2.26. The largest absolute Gasteiger partial charge is 0.339 e. The number of hydrogen-bond acceptors (Lipinski definition) is 2. The Balaban J connectivity index is 2.96. The number of nitrogens with zero attached hydrogens (tertiary/aromatic N) is 2. The Hall–Kier alpha value is -1.09. The van der Waals surface area contributed by atoms with Crippen LogP contribution in [0.2, 0.25) is 5.15 Å². The topological polar surface area (TPSA) is 33.2 Å². The van der Waals surface area contributed by atoms with E-state index in [4.69, 9.17) is 11.6 Å². The van der Waals surface area contributed by atoms with Crippen molar-refractivity contribution < 1.29 is 4.79 Å². The first-order valence-corrected chi connectivity index (χ1v) is 7.54. The standard InChI is InChI=1S/C16H25ClN2O/c1-10(2)7-12(5)19(6)16(20)13-8-14(11(3)4)18-15(17)9-13/h8-12H,7H2,1-6H3. The molecule has 0 N–H and O–H groups in total. The fourth-order valence-electron chi connectivity index (χ4n) is 2.18. The molecule has 0 saturated carbocycles. The van der Waals surface area contributed by atoms with Crippen molar-refractivity contribution in [3.8, 4) is 0 Å². The Morgan fingerprint density at radius 1 is 1.25 bits per heavy atom. The molecule has 1 amide bonds. The molecule has 1 aromatic heterocycles. The van der Waals surface area contributed by atoms with Crippen LogP contribution in [0.15, 0.2) is 12.1 Å². The molecule has 0 radical (unpaired) electrons. The van der Waals surface area contributed by atoms with Gasteiger partial charge in [-0.25, -0.2) is 4.98 Å². The quantitative estimate of drug-likeness (QED) is 0.756. The molecule has 3 nitrogen and oxygen atoms in total. The number of halogens is 1. The fourth-order valence-corrected chi connectivity index (χ4v) is 2.40. The van der Waals surface area contributed by atoms with Gasteiger partial charge >= 0.3 is 0 Å². The summed E-state index contributed by atoms with van der Waals surface area (Å²) in [5, 5.41) is 0.379. The zero-order valence-corrected chi connectivity index (χ0v) is 14.0. The highest BCUT2D eigenvalue weighted by Crippen LogP contribution is 2.20. The first-order valence-electron chi connectivity index (χ1n) is 7.17. The molecule has 0 aliphatic carbocycles. The number of carbonyl (C=O) groups excluding carboxylic acids is 1. The van der Waals surface area contributed by atoms with Crippen LogP contribution >= 0.6 is 11.6 Å². The second kappa shape index (κ2) is 7.07. The first kappa shape index (κ1) is 17.0. The van der Waals surface area contributed by atoms with Crippen molar-refractivity contribution in [2.45, 2.75) is 53.0 Å². The summed E-state index contributed by atoms with van der Waals surface area (Å²) in [7, 11) is 1.85. The van der Waals surface area contributed by atoms with Gasteiger partial charge in [0.1, 0.15) is 5.15 Å². The van der Waals surface area contributed by atoms with Crippen molar-refractivity contribution in [3.05, 3.63) is 28.5 Å². The number of carbonyl (C=O) groups is 1. The monoisotopic (exact) mass is 296 g/mol. The van der Waals surface area contributed by atoms with E-state index in [1.54, 1.807) is 11.0 Å². The number of pyridine rings is 1.